The maximum Gasteiger partial charge on any atom is 0.261 e. The van der Waals surface area contributed by atoms with Gasteiger partial charge in [-0.2, -0.15) is 0 Å². The maximum atomic E-state index is 14.8. The van der Waals surface area contributed by atoms with Gasteiger partial charge >= 0.3 is 0 Å². The van der Waals surface area contributed by atoms with Crippen molar-refractivity contribution in [1.29, 1.82) is 0 Å². The highest BCUT2D eigenvalue weighted by Gasteiger charge is 2.25. The van der Waals surface area contributed by atoms with Gasteiger partial charge in [0.05, 0.1) is 18.6 Å². The van der Waals surface area contributed by atoms with Crippen molar-refractivity contribution in [2.24, 2.45) is 5.92 Å². The van der Waals surface area contributed by atoms with Crippen molar-refractivity contribution < 1.29 is 9.13 Å². The molecule has 29 heavy (non-hydrogen) atoms. The van der Waals surface area contributed by atoms with Crippen molar-refractivity contribution in [3.8, 4) is 11.3 Å². The van der Waals surface area contributed by atoms with Crippen molar-refractivity contribution in [1.82, 2.24) is 14.5 Å². The van der Waals surface area contributed by atoms with E-state index in [0.29, 0.717) is 66.2 Å². The van der Waals surface area contributed by atoms with Gasteiger partial charge in [0.1, 0.15) is 28.7 Å². The number of morpholine rings is 1. The summed E-state index contributed by atoms with van der Waals surface area (Å²) in [5, 5.41) is 0.770. The summed E-state index contributed by atoms with van der Waals surface area (Å²) in [7, 11) is 0. The van der Waals surface area contributed by atoms with Crippen LogP contribution >= 0.6 is 11.6 Å². The second-order valence-corrected chi connectivity index (χ2v) is 8.14. The number of halogens is 2. The smallest absolute Gasteiger partial charge is 0.261 e. The predicted octanol–water partition coefficient (Wildman–Crippen LogP) is 3.28. The number of rotatable bonds is 2. The molecule has 2 aliphatic rings. The van der Waals surface area contributed by atoms with Crippen molar-refractivity contribution in [2.75, 3.05) is 31.2 Å². The first kappa shape index (κ1) is 18.5. The number of fused-ring (bicyclic) bond motifs is 2. The van der Waals surface area contributed by atoms with Crippen molar-refractivity contribution in [3.63, 3.8) is 0 Å². The quantitative estimate of drug-likeness (QED) is 0.644. The summed E-state index contributed by atoms with van der Waals surface area (Å²) in [5.41, 5.74) is 1.01. The van der Waals surface area contributed by atoms with Crippen LogP contribution in [0.25, 0.3) is 22.2 Å². The predicted molar refractivity (Wildman–Crippen MR) is 110 cm³/mol. The molecule has 8 heteroatoms. The number of benzene rings is 1. The van der Waals surface area contributed by atoms with Crippen LogP contribution < -0.4 is 10.5 Å². The molecule has 150 valence electrons. The van der Waals surface area contributed by atoms with E-state index in [-0.39, 0.29) is 11.1 Å². The number of aromatic nitrogens is 3. The average molecular weight is 415 g/mol. The average Bonchev–Trinajstić information content (AvgIpc) is 3.09. The van der Waals surface area contributed by atoms with Crippen molar-refractivity contribution >= 4 is 28.3 Å². The van der Waals surface area contributed by atoms with Gasteiger partial charge in [-0.05, 0) is 30.2 Å². The lowest BCUT2D eigenvalue weighted by Crippen LogP contribution is -2.37. The number of ether oxygens (including phenoxy) is 1. The Morgan fingerprint density at radius 3 is 2.76 bits per heavy atom. The van der Waals surface area contributed by atoms with Crippen LogP contribution in [0.2, 0.25) is 5.02 Å². The third-order valence-corrected chi connectivity index (χ3v) is 5.79. The molecule has 0 N–H and O–H groups in total. The summed E-state index contributed by atoms with van der Waals surface area (Å²) in [6, 6.07) is 6.26. The molecule has 1 atom stereocenters. The Hall–Kier alpha value is -2.51. The highest BCUT2D eigenvalue weighted by atomic mass is 35.5. The lowest BCUT2D eigenvalue weighted by atomic mass is 10.1. The molecular formula is C21H20ClFN4O2. The largest absolute Gasteiger partial charge is 0.378 e. The standard InChI is InChI=1S/C21H20ClFN4O2/c1-12-8-18-25-20-15(21(28)27(18)11-12)10-17(26-4-6-29-7-5-26)24-19(20)14-3-2-13(22)9-16(14)23/h2-3,9-10,12H,4-8,11H2,1H3. The van der Waals surface area contributed by atoms with E-state index in [9.17, 15) is 9.18 Å². The summed E-state index contributed by atoms with van der Waals surface area (Å²) in [4.78, 5) is 24.8. The summed E-state index contributed by atoms with van der Waals surface area (Å²) in [6.45, 7) is 5.25. The van der Waals surface area contributed by atoms with Gasteiger partial charge < -0.3 is 9.64 Å². The Morgan fingerprint density at radius 1 is 1.21 bits per heavy atom. The van der Waals surface area contributed by atoms with E-state index in [1.54, 1.807) is 22.8 Å². The fourth-order valence-electron chi connectivity index (χ4n) is 4.11. The van der Waals surface area contributed by atoms with Gasteiger partial charge in [0, 0.05) is 36.6 Å². The van der Waals surface area contributed by atoms with E-state index in [4.69, 9.17) is 26.3 Å². The van der Waals surface area contributed by atoms with Gasteiger partial charge in [-0.25, -0.2) is 14.4 Å². The molecule has 0 spiro atoms. The summed E-state index contributed by atoms with van der Waals surface area (Å²) in [5.74, 6) is 1.22. The maximum absolute atomic E-state index is 14.8. The van der Waals surface area contributed by atoms with E-state index >= 15 is 0 Å². The molecule has 3 aromatic rings. The Kier molecular flexibility index (Phi) is 4.52. The second kappa shape index (κ2) is 7.07. The van der Waals surface area contributed by atoms with Crippen LogP contribution in [0.1, 0.15) is 12.7 Å². The molecule has 0 bridgehead atoms. The third-order valence-electron chi connectivity index (χ3n) is 5.55. The minimum Gasteiger partial charge on any atom is -0.378 e. The molecule has 1 unspecified atom stereocenters. The molecule has 2 aromatic heterocycles. The molecule has 5 rings (SSSR count). The first-order valence-corrected chi connectivity index (χ1v) is 10.1. The first-order chi connectivity index (χ1) is 14.0. The van der Waals surface area contributed by atoms with Gasteiger partial charge in [0.15, 0.2) is 0 Å². The molecule has 1 saturated heterocycles. The fourth-order valence-corrected chi connectivity index (χ4v) is 4.27. The van der Waals surface area contributed by atoms with Crippen molar-refractivity contribution in [3.05, 3.63) is 51.3 Å². The molecule has 0 amide bonds. The third kappa shape index (κ3) is 3.18. The van der Waals surface area contributed by atoms with Gasteiger partial charge in [-0.3, -0.25) is 9.36 Å². The fraction of sp³-hybridized carbons (Fsp3) is 0.381. The monoisotopic (exact) mass is 414 g/mol. The van der Waals surface area contributed by atoms with Crippen molar-refractivity contribution in [2.45, 2.75) is 19.9 Å². The zero-order valence-electron chi connectivity index (χ0n) is 16.0. The highest BCUT2D eigenvalue weighted by Crippen LogP contribution is 2.32. The van der Waals surface area contributed by atoms with Gasteiger partial charge in [-0.15, -0.1) is 0 Å². The van der Waals surface area contributed by atoms with Gasteiger partial charge in [0.25, 0.3) is 5.56 Å². The summed E-state index contributed by atoms with van der Waals surface area (Å²) in [6.07, 6.45) is 0.721. The van der Waals surface area contributed by atoms with Crippen LogP contribution in [0.5, 0.6) is 0 Å². The molecule has 0 aliphatic carbocycles. The molecule has 2 aliphatic heterocycles. The Balaban J connectivity index is 1.80. The number of hydrogen-bond acceptors (Lipinski definition) is 5. The number of pyridine rings is 1. The SMILES string of the molecule is CC1Cc2nc3c(-c4ccc(Cl)cc4F)nc(N4CCOCC4)cc3c(=O)n2C1. The molecule has 1 aromatic carbocycles. The van der Waals surface area contributed by atoms with E-state index in [0.717, 1.165) is 12.2 Å². The van der Waals surface area contributed by atoms with E-state index < -0.39 is 5.82 Å². The topological polar surface area (TPSA) is 60.2 Å². The minimum absolute atomic E-state index is 0.0955. The Labute approximate surface area is 171 Å². The zero-order chi connectivity index (χ0) is 20.1. The van der Waals surface area contributed by atoms with E-state index in [2.05, 4.69) is 11.8 Å². The molecular weight excluding hydrogens is 395 g/mol. The zero-order valence-corrected chi connectivity index (χ0v) is 16.7. The van der Waals surface area contributed by atoms with Crippen LogP contribution in [-0.4, -0.2) is 40.8 Å². The Morgan fingerprint density at radius 2 is 2.00 bits per heavy atom. The summed E-state index contributed by atoms with van der Waals surface area (Å²) >= 11 is 5.94. The molecule has 6 nitrogen and oxygen atoms in total. The Bertz CT molecular complexity index is 1170. The second-order valence-electron chi connectivity index (χ2n) is 7.70. The van der Waals surface area contributed by atoms with Gasteiger partial charge in [-0.1, -0.05) is 18.5 Å². The summed E-state index contributed by atoms with van der Waals surface area (Å²) < 4.78 is 22.0. The van der Waals surface area contributed by atoms with Crippen LogP contribution in [0.3, 0.4) is 0 Å². The molecule has 4 heterocycles. The molecule has 1 fully saturated rings. The van der Waals surface area contributed by atoms with Crippen LogP contribution in [-0.2, 0) is 17.7 Å². The van der Waals surface area contributed by atoms with Crippen LogP contribution in [0, 0.1) is 11.7 Å². The number of hydrogen-bond donors (Lipinski definition) is 0. The van der Waals surface area contributed by atoms with E-state index in [1.807, 2.05) is 0 Å². The minimum atomic E-state index is -0.485. The van der Waals surface area contributed by atoms with Gasteiger partial charge in [0.2, 0.25) is 0 Å². The normalized spacial score (nSPS) is 19.0. The number of nitrogens with zero attached hydrogens (tertiary/aromatic N) is 4. The van der Waals surface area contributed by atoms with Crippen LogP contribution in [0.4, 0.5) is 10.2 Å². The highest BCUT2D eigenvalue weighted by molar-refractivity contribution is 6.30. The first-order valence-electron chi connectivity index (χ1n) is 9.74. The lowest BCUT2D eigenvalue weighted by molar-refractivity contribution is 0.122. The van der Waals surface area contributed by atoms with Crippen LogP contribution in [0.15, 0.2) is 29.1 Å². The molecule has 0 radical (unpaired) electrons. The number of anilines is 1. The lowest BCUT2D eigenvalue weighted by Gasteiger charge is -2.28. The molecule has 0 saturated carbocycles. The van der Waals surface area contributed by atoms with E-state index in [1.165, 1.54) is 6.07 Å².